The molecule has 2 amide bonds. The Morgan fingerprint density at radius 3 is 2.65 bits per heavy atom. The van der Waals surface area contributed by atoms with E-state index in [4.69, 9.17) is 23.2 Å². The number of hydrogen-bond acceptors (Lipinski definition) is 3. The van der Waals surface area contributed by atoms with Gasteiger partial charge >= 0.3 is 0 Å². The number of nitrogens with zero attached hydrogens (tertiary/aromatic N) is 2. The topological polar surface area (TPSA) is 52.7 Å². The van der Waals surface area contributed by atoms with Crippen LogP contribution < -0.4 is 5.32 Å². The lowest BCUT2D eigenvalue weighted by atomic mass is 10.0. The first-order valence-electron chi connectivity index (χ1n) is 7.58. The van der Waals surface area contributed by atoms with Gasteiger partial charge in [0.1, 0.15) is 0 Å². The molecule has 1 N–H and O–H groups in total. The summed E-state index contributed by atoms with van der Waals surface area (Å²) in [6.45, 7) is 1.01. The van der Waals surface area contributed by atoms with Gasteiger partial charge in [-0.3, -0.25) is 14.5 Å². The second-order valence-electron chi connectivity index (χ2n) is 5.89. The highest BCUT2D eigenvalue weighted by atomic mass is 35.5. The highest BCUT2D eigenvalue weighted by molar-refractivity contribution is 6.42. The third-order valence-electron chi connectivity index (χ3n) is 3.94. The molecule has 1 heterocycles. The molecule has 1 atom stereocenters. The van der Waals surface area contributed by atoms with Crippen molar-refractivity contribution >= 4 is 40.7 Å². The minimum Gasteiger partial charge on any atom is -0.348 e. The standard InChI is InChI=1S/C16H21Cl2N3O2/c1-20(2)15(22)10-21-8-4-3-5-14(21)16(23)19-11-6-7-12(17)13(18)9-11/h6-7,9,14H,3-5,8,10H2,1-2H3,(H,19,23). The summed E-state index contributed by atoms with van der Waals surface area (Å²) >= 11 is 11.9. The third-order valence-corrected chi connectivity index (χ3v) is 4.68. The number of carbonyl (C=O) groups excluding carboxylic acids is 2. The van der Waals surface area contributed by atoms with E-state index in [0.29, 0.717) is 15.7 Å². The minimum absolute atomic E-state index is 0.000706. The maximum absolute atomic E-state index is 12.6. The van der Waals surface area contributed by atoms with Crippen molar-refractivity contribution < 1.29 is 9.59 Å². The van der Waals surface area contributed by atoms with Crippen molar-refractivity contribution in [2.24, 2.45) is 0 Å². The number of hydrogen-bond donors (Lipinski definition) is 1. The Kier molecular flexibility index (Phi) is 6.27. The van der Waals surface area contributed by atoms with Gasteiger partial charge in [0.05, 0.1) is 22.6 Å². The van der Waals surface area contributed by atoms with Gasteiger partial charge in [-0.2, -0.15) is 0 Å². The molecule has 1 fully saturated rings. The molecule has 2 rings (SSSR count). The zero-order valence-electron chi connectivity index (χ0n) is 13.3. The number of halogens is 2. The molecule has 0 aliphatic carbocycles. The SMILES string of the molecule is CN(C)C(=O)CN1CCCCC1C(=O)Nc1ccc(Cl)c(Cl)c1. The summed E-state index contributed by atoms with van der Waals surface area (Å²) in [5.41, 5.74) is 0.605. The van der Waals surface area contributed by atoms with Crippen LogP contribution in [0.1, 0.15) is 19.3 Å². The summed E-state index contributed by atoms with van der Waals surface area (Å²) in [7, 11) is 3.44. The van der Waals surface area contributed by atoms with Crippen molar-refractivity contribution in [3.05, 3.63) is 28.2 Å². The molecule has 0 spiro atoms. The van der Waals surface area contributed by atoms with E-state index < -0.39 is 0 Å². The average molecular weight is 358 g/mol. The van der Waals surface area contributed by atoms with Gasteiger partial charge in [0.2, 0.25) is 11.8 Å². The maximum atomic E-state index is 12.6. The summed E-state index contributed by atoms with van der Waals surface area (Å²) in [6.07, 6.45) is 2.72. The molecule has 1 aliphatic heterocycles. The molecule has 23 heavy (non-hydrogen) atoms. The van der Waals surface area contributed by atoms with Gasteiger partial charge in [0, 0.05) is 19.8 Å². The molecule has 1 unspecified atom stereocenters. The Labute approximate surface area is 146 Å². The Hall–Kier alpha value is -1.30. The monoisotopic (exact) mass is 357 g/mol. The maximum Gasteiger partial charge on any atom is 0.241 e. The van der Waals surface area contributed by atoms with E-state index in [1.807, 2.05) is 4.90 Å². The highest BCUT2D eigenvalue weighted by Gasteiger charge is 2.30. The van der Waals surface area contributed by atoms with Crippen molar-refractivity contribution in [1.29, 1.82) is 0 Å². The number of likely N-dealkylation sites (N-methyl/N-ethyl adjacent to an activating group) is 1. The molecule has 0 radical (unpaired) electrons. The Morgan fingerprint density at radius 1 is 1.26 bits per heavy atom. The third kappa shape index (κ3) is 4.83. The normalized spacial score (nSPS) is 18.5. The van der Waals surface area contributed by atoms with Gasteiger partial charge in [0.25, 0.3) is 0 Å². The van der Waals surface area contributed by atoms with E-state index in [1.165, 1.54) is 0 Å². The Balaban J connectivity index is 2.05. The first kappa shape index (κ1) is 18.0. The number of amides is 2. The summed E-state index contributed by atoms with van der Waals surface area (Å²) in [4.78, 5) is 28.0. The fourth-order valence-electron chi connectivity index (χ4n) is 2.59. The van der Waals surface area contributed by atoms with Crippen molar-refractivity contribution in [3.8, 4) is 0 Å². The smallest absolute Gasteiger partial charge is 0.241 e. The minimum atomic E-state index is -0.304. The zero-order valence-corrected chi connectivity index (χ0v) is 14.8. The molecule has 7 heteroatoms. The highest BCUT2D eigenvalue weighted by Crippen LogP contribution is 2.26. The van der Waals surface area contributed by atoms with Crippen LogP contribution in [0.25, 0.3) is 0 Å². The summed E-state index contributed by atoms with van der Waals surface area (Å²) in [5, 5.41) is 3.70. The first-order chi connectivity index (χ1) is 10.9. The second-order valence-corrected chi connectivity index (χ2v) is 6.70. The first-order valence-corrected chi connectivity index (χ1v) is 8.34. The lowest BCUT2D eigenvalue weighted by Crippen LogP contribution is -2.50. The molecule has 1 aliphatic rings. The molecule has 1 aromatic carbocycles. The quantitative estimate of drug-likeness (QED) is 0.901. The number of carbonyl (C=O) groups is 2. The molecular formula is C16H21Cl2N3O2. The van der Waals surface area contributed by atoms with Crippen molar-refractivity contribution in [2.45, 2.75) is 25.3 Å². The zero-order chi connectivity index (χ0) is 17.0. The van der Waals surface area contributed by atoms with Crippen LogP contribution in [-0.4, -0.2) is 54.8 Å². The predicted molar refractivity (Wildman–Crippen MR) is 93.0 cm³/mol. The molecule has 0 bridgehead atoms. The molecule has 126 valence electrons. The van der Waals surface area contributed by atoms with E-state index in [9.17, 15) is 9.59 Å². The van der Waals surface area contributed by atoms with Crippen LogP contribution in [0.2, 0.25) is 10.0 Å². The van der Waals surface area contributed by atoms with Gasteiger partial charge < -0.3 is 10.2 Å². The van der Waals surface area contributed by atoms with Crippen molar-refractivity contribution in [3.63, 3.8) is 0 Å². The van der Waals surface area contributed by atoms with Crippen LogP contribution in [-0.2, 0) is 9.59 Å². The summed E-state index contributed by atoms with van der Waals surface area (Å²) in [5.74, 6) is -0.117. The number of benzene rings is 1. The average Bonchev–Trinajstić information content (AvgIpc) is 2.51. The lowest BCUT2D eigenvalue weighted by Gasteiger charge is -2.34. The molecule has 1 aromatic rings. The van der Waals surface area contributed by atoms with Crippen LogP contribution in [0, 0.1) is 0 Å². The van der Waals surface area contributed by atoms with Gasteiger partial charge in [-0.15, -0.1) is 0 Å². The lowest BCUT2D eigenvalue weighted by molar-refractivity contribution is -0.132. The fraction of sp³-hybridized carbons (Fsp3) is 0.500. The number of nitrogens with one attached hydrogen (secondary N) is 1. The predicted octanol–water partition coefficient (Wildman–Crippen LogP) is 2.87. The molecular weight excluding hydrogens is 337 g/mol. The summed E-state index contributed by atoms with van der Waals surface area (Å²) in [6, 6.07) is 4.68. The molecule has 5 nitrogen and oxygen atoms in total. The second kappa shape index (κ2) is 7.99. The van der Waals surface area contributed by atoms with Gasteiger partial charge in [0.15, 0.2) is 0 Å². The molecule has 0 saturated carbocycles. The van der Waals surface area contributed by atoms with Crippen molar-refractivity contribution in [1.82, 2.24) is 9.80 Å². The van der Waals surface area contributed by atoms with Gasteiger partial charge in [-0.25, -0.2) is 0 Å². The Morgan fingerprint density at radius 2 is 2.00 bits per heavy atom. The van der Waals surface area contributed by atoms with Crippen LogP contribution in [0.4, 0.5) is 5.69 Å². The number of anilines is 1. The van der Waals surface area contributed by atoms with Crippen LogP contribution in [0.3, 0.4) is 0 Å². The molecule has 0 aromatic heterocycles. The van der Waals surface area contributed by atoms with Crippen molar-refractivity contribution in [2.75, 3.05) is 32.5 Å². The van der Waals surface area contributed by atoms with E-state index in [0.717, 1.165) is 25.8 Å². The van der Waals surface area contributed by atoms with Crippen LogP contribution in [0.15, 0.2) is 18.2 Å². The number of rotatable bonds is 4. The molecule has 1 saturated heterocycles. The van der Waals surface area contributed by atoms with Crippen LogP contribution >= 0.6 is 23.2 Å². The van der Waals surface area contributed by atoms with Gasteiger partial charge in [-0.05, 0) is 37.6 Å². The van der Waals surface area contributed by atoms with E-state index >= 15 is 0 Å². The fourth-order valence-corrected chi connectivity index (χ4v) is 2.89. The van der Waals surface area contributed by atoms with Gasteiger partial charge in [-0.1, -0.05) is 29.6 Å². The van der Waals surface area contributed by atoms with Crippen LogP contribution in [0.5, 0.6) is 0 Å². The summed E-state index contributed by atoms with van der Waals surface area (Å²) < 4.78 is 0. The Bertz CT molecular complexity index is 593. The van der Waals surface area contributed by atoms with E-state index in [1.54, 1.807) is 37.2 Å². The van der Waals surface area contributed by atoms with E-state index in [-0.39, 0.29) is 24.4 Å². The van der Waals surface area contributed by atoms with E-state index in [2.05, 4.69) is 5.32 Å². The number of likely N-dealkylation sites (tertiary alicyclic amines) is 1. The number of piperidine rings is 1. The largest absolute Gasteiger partial charge is 0.348 e.